The Kier molecular flexibility index (Phi) is 7.13. The first-order valence-corrected chi connectivity index (χ1v) is 10.2. The van der Waals surface area contributed by atoms with Crippen molar-refractivity contribution in [3.05, 3.63) is 53.1 Å². The summed E-state index contributed by atoms with van der Waals surface area (Å²) >= 11 is 0. The summed E-state index contributed by atoms with van der Waals surface area (Å²) < 4.78 is 66.4. The average Bonchev–Trinajstić information content (AvgIpc) is 3.14. The predicted molar refractivity (Wildman–Crippen MR) is 112 cm³/mol. The zero-order valence-corrected chi connectivity index (χ0v) is 18.3. The van der Waals surface area contributed by atoms with Crippen LogP contribution in [0.25, 0.3) is 0 Å². The van der Waals surface area contributed by atoms with E-state index in [4.69, 9.17) is 20.3 Å². The molecule has 12 heteroatoms. The molecule has 3 rings (SSSR count). The lowest BCUT2D eigenvalue weighted by Gasteiger charge is -2.27. The summed E-state index contributed by atoms with van der Waals surface area (Å²) in [5.41, 5.74) is 2.57. The zero-order valence-electron chi connectivity index (χ0n) is 18.3. The number of ether oxygens (including phenoxy) is 2. The topological polar surface area (TPSA) is 124 Å². The van der Waals surface area contributed by atoms with E-state index < -0.39 is 54.5 Å². The fourth-order valence-corrected chi connectivity index (χ4v) is 3.81. The highest BCUT2D eigenvalue weighted by atomic mass is 19.4. The molecule has 2 unspecified atom stereocenters. The van der Waals surface area contributed by atoms with Crippen molar-refractivity contribution in [2.75, 3.05) is 18.5 Å². The first kappa shape index (κ1) is 25.4. The molecule has 0 saturated carbocycles. The SMILES string of the molecule is Cc1c(F)ccc(C2C[C@](C)(C(F)(F)F)OC2C(=O)Nc2ccnc(C(N)=O)c2)c1OCCO. The normalized spacial score (nSPS) is 22.4. The number of halogens is 4. The van der Waals surface area contributed by atoms with E-state index in [1.807, 2.05) is 0 Å². The molecular formula is C22H23F4N3O5. The van der Waals surface area contributed by atoms with Crippen LogP contribution in [0.2, 0.25) is 0 Å². The summed E-state index contributed by atoms with van der Waals surface area (Å²) in [5, 5.41) is 11.5. The van der Waals surface area contributed by atoms with Crippen molar-refractivity contribution < 1.29 is 41.7 Å². The highest BCUT2D eigenvalue weighted by Gasteiger charge is 2.61. The average molecular weight is 485 g/mol. The van der Waals surface area contributed by atoms with Crippen molar-refractivity contribution in [2.45, 2.75) is 44.1 Å². The molecule has 4 N–H and O–H groups in total. The number of aliphatic hydroxyl groups excluding tert-OH is 1. The second-order valence-electron chi connectivity index (χ2n) is 8.02. The quantitative estimate of drug-likeness (QED) is 0.519. The van der Waals surface area contributed by atoms with Gasteiger partial charge in [0, 0.05) is 28.9 Å². The highest BCUT2D eigenvalue weighted by molar-refractivity contribution is 5.97. The van der Waals surface area contributed by atoms with E-state index >= 15 is 0 Å². The van der Waals surface area contributed by atoms with Gasteiger partial charge in [-0.1, -0.05) is 6.07 Å². The van der Waals surface area contributed by atoms with Crippen LogP contribution in [0.1, 0.15) is 40.9 Å². The molecule has 2 amide bonds. The van der Waals surface area contributed by atoms with E-state index in [9.17, 15) is 27.2 Å². The van der Waals surface area contributed by atoms with Gasteiger partial charge in [-0.3, -0.25) is 14.6 Å². The molecule has 3 atom stereocenters. The molecule has 1 saturated heterocycles. The van der Waals surface area contributed by atoms with Crippen molar-refractivity contribution in [1.29, 1.82) is 0 Å². The highest BCUT2D eigenvalue weighted by Crippen LogP contribution is 2.51. The van der Waals surface area contributed by atoms with E-state index in [1.54, 1.807) is 0 Å². The molecular weight excluding hydrogens is 462 g/mol. The van der Waals surface area contributed by atoms with Crippen molar-refractivity contribution in [3.63, 3.8) is 0 Å². The second-order valence-corrected chi connectivity index (χ2v) is 8.02. The van der Waals surface area contributed by atoms with Crippen LogP contribution >= 0.6 is 0 Å². The minimum atomic E-state index is -4.81. The molecule has 0 bridgehead atoms. The number of anilines is 1. The maximum Gasteiger partial charge on any atom is 0.417 e. The number of benzene rings is 1. The summed E-state index contributed by atoms with van der Waals surface area (Å²) in [6.07, 6.45) is -5.89. The largest absolute Gasteiger partial charge is 0.491 e. The summed E-state index contributed by atoms with van der Waals surface area (Å²) in [7, 11) is 0. The van der Waals surface area contributed by atoms with Gasteiger partial charge in [0.25, 0.3) is 11.8 Å². The number of carbonyl (C=O) groups is 2. The number of rotatable bonds is 7. The molecule has 184 valence electrons. The van der Waals surface area contributed by atoms with E-state index in [0.717, 1.165) is 13.0 Å². The third-order valence-corrected chi connectivity index (χ3v) is 5.61. The number of alkyl halides is 3. The van der Waals surface area contributed by atoms with Gasteiger partial charge in [-0.05, 0) is 38.5 Å². The summed E-state index contributed by atoms with van der Waals surface area (Å²) in [4.78, 5) is 28.2. The molecule has 8 nitrogen and oxygen atoms in total. The van der Waals surface area contributed by atoms with Crippen molar-refractivity contribution in [2.24, 2.45) is 5.73 Å². The number of aromatic nitrogens is 1. The van der Waals surface area contributed by atoms with Gasteiger partial charge in [0.15, 0.2) is 5.60 Å². The minimum absolute atomic E-state index is 0.0194. The Bertz CT molecular complexity index is 1090. The van der Waals surface area contributed by atoms with Crippen molar-refractivity contribution in [1.82, 2.24) is 4.98 Å². The number of nitrogens with zero attached hydrogens (tertiary/aromatic N) is 1. The molecule has 0 radical (unpaired) electrons. The number of nitrogens with two attached hydrogens (primary N) is 1. The monoisotopic (exact) mass is 485 g/mol. The van der Waals surface area contributed by atoms with Crippen LogP contribution < -0.4 is 15.8 Å². The van der Waals surface area contributed by atoms with E-state index in [-0.39, 0.29) is 34.9 Å². The summed E-state index contributed by atoms with van der Waals surface area (Å²) in [5.74, 6) is -3.67. The van der Waals surface area contributed by atoms with Crippen molar-refractivity contribution in [3.8, 4) is 5.75 Å². The smallest absolute Gasteiger partial charge is 0.417 e. The fraction of sp³-hybridized carbons (Fsp3) is 0.409. The van der Waals surface area contributed by atoms with Crippen LogP contribution in [-0.2, 0) is 9.53 Å². The van der Waals surface area contributed by atoms with Crippen LogP contribution in [0.3, 0.4) is 0 Å². The lowest BCUT2D eigenvalue weighted by Crippen LogP contribution is -2.43. The Morgan fingerprint density at radius 3 is 2.68 bits per heavy atom. The van der Waals surface area contributed by atoms with Gasteiger partial charge in [-0.25, -0.2) is 4.39 Å². The number of hydrogen-bond donors (Lipinski definition) is 3. The van der Waals surface area contributed by atoms with Crippen LogP contribution in [-0.4, -0.2) is 53.0 Å². The van der Waals surface area contributed by atoms with Gasteiger partial charge in [-0.2, -0.15) is 13.2 Å². The number of hydrogen-bond acceptors (Lipinski definition) is 6. The van der Waals surface area contributed by atoms with Crippen LogP contribution in [0.4, 0.5) is 23.2 Å². The lowest BCUT2D eigenvalue weighted by atomic mass is 9.85. The maximum atomic E-state index is 14.2. The summed E-state index contributed by atoms with van der Waals surface area (Å²) in [6.45, 7) is 1.56. The van der Waals surface area contributed by atoms with Crippen molar-refractivity contribution >= 4 is 17.5 Å². The van der Waals surface area contributed by atoms with Gasteiger partial charge < -0.3 is 25.6 Å². The molecule has 2 heterocycles. The van der Waals surface area contributed by atoms with Gasteiger partial charge in [0.1, 0.15) is 30.0 Å². The standard InChI is InChI=1S/C22H23F4N3O5/c1-11-15(23)4-3-13(17(11)33-8-7-30)14-10-21(2,22(24,25)26)34-18(14)20(32)29-12-5-6-28-16(9-12)19(27)31/h3-6,9,14,18,30H,7-8,10H2,1-2H3,(H2,27,31)(H,28,29,32)/t14?,18?,21-/m1/s1. The van der Waals surface area contributed by atoms with Gasteiger partial charge >= 0.3 is 6.18 Å². The van der Waals surface area contributed by atoms with Gasteiger partial charge in [0.2, 0.25) is 0 Å². The molecule has 34 heavy (non-hydrogen) atoms. The number of primary amides is 1. The van der Waals surface area contributed by atoms with Gasteiger partial charge in [-0.15, -0.1) is 0 Å². The molecule has 1 aromatic heterocycles. The first-order valence-electron chi connectivity index (χ1n) is 10.2. The summed E-state index contributed by atoms with van der Waals surface area (Å²) in [6, 6.07) is 4.81. The molecule has 1 aliphatic heterocycles. The van der Waals surface area contributed by atoms with E-state index in [1.165, 1.54) is 31.3 Å². The number of carbonyl (C=O) groups excluding carboxylic acids is 2. The van der Waals surface area contributed by atoms with Crippen LogP contribution in [0.15, 0.2) is 30.5 Å². The lowest BCUT2D eigenvalue weighted by molar-refractivity contribution is -0.261. The third kappa shape index (κ3) is 4.97. The Morgan fingerprint density at radius 1 is 1.35 bits per heavy atom. The third-order valence-electron chi connectivity index (χ3n) is 5.61. The predicted octanol–water partition coefficient (Wildman–Crippen LogP) is 2.83. The Morgan fingerprint density at radius 2 is 2.06 bits per heavy atom. The second kappa shape index (κ2) is 9.55. The molecule has 1 fully saturated rings. The number of nitrogens with one attached hydrogen (secondary N) is 1. The Labute approximate surface area is 192 Å². The number of pyridine rings is 1. The van der Waals surface area contributed by atoms with Gasteiger partial charge in [0.05, 0.1) is 6.61 Å². The molecule has 1 aliphatic rings. The van der Waals surface area contributed by atoms with Crippen LogP contribution in [0, 0.1) is 12.7 Å². The van der Waals surface area contributed by atoms with E-state index in [2.05, 4.69) is 10.3 Å². The maximum absolute atomic E-state index is 14.2. The van der Waals surface area contributed by atoms with E-state index in [0.29, 0.717) is 0 Å². The molecule has 0 aliphatic carbocycles. The first-order chi connectivity index (χ1) is 15.9. The minimum Gasteiger partial charge on any atom is -0.491 e. The molecule has 0 spiro atoms. The number of aliphatic hydroxyl groups is 1. The fourth-order valence-electron chi connectivity index (χ4n) is 3.81. The molecule has 2 aromatic rings. The van der Waals surface area contributed by atoms with Crippen LogP contribution in [0.5, 0.6) is 5.75 Å². The Hall–Kier alpha value is -3.25. The number of amides is 2. The molecule has 1 aromatic carbocycles. The zero-order chi connectivity index (χ0) is 25.3. The Balaban J connectivity index is 2.02.